The van der Waals surface area contributed by atoms with Crippen LogP contribution in [0.5, 0.6) is 0 Å². The van der Waals surface area contributed by atoms with Crippen LogP contribution in [0.3, 0.4) is 0 Å². The number of ether oxygens (including phenoxy) is 1. The molecule has 2 atom stereocenters. The minimum Gasteiger partial charge on any atom is -0.469 e. The second kappa shape index (κ2) is 10.5. The molecule has 2 fully saturated rings. The van der Waals surface area contributed by atoms with Crippen molar-refractivity contribution in [2.45, 2.75) is 31.6 Å². The molecule has 0 saturated carbocycles. The van der Waals surface area contributed by atoms with E-state index in [4.69, 9.17) is 4.74 Å². The van der Waals surface area contributed by atoms with Crippen molar-refractivity contribution >= 4 is 35.8 Å². The lowest BCUT2D eigenvalue weighted by atomic mass is 9.87. The van der Waals surface area contributed by atoms with Gasteiger partial charge in [-0.25, -0.2) is 0 Å². The molecule has 1 amide bonds. The summed E-state index contributed by atoms with van der Waals surface area (Å²) in [6, 6.07) is 8.67. The average Bonchev–Trinajstić information content (AvgIpc) is 3.44. The average molecular weight is 465 g/mol. The number of methoxy groups -OCH3 is 1. The van der Waals surface area contributed by atoms with E-state index in [1.807, 2.05) is 10.3 Å². The van der Waals surface area contributed by atoms with Crippen LogP contribution in [0.1, 0.15) is 41.5 Å². The first-order valence-corrected chi connectivity index (χ1v) is 11.3. The number of aryl methyl sites for hydroxylation is 1. The molecule has 2 saturated heterocycles. The van der Waals surface area contributed by atoms with Gasteiger partial charge >= 0.3 is 5.97 Å². The third-order valence-corrected chi connectivity index (χ3v) is 6.92. The Labute approximate surface area is 193 Å². The first-order valence-electron chi connectivity index (χ1n) is 10.5. The third kappa shape index (κ3) is 5.42. The second-order valence-corrected chi connectivity index (χ2v) is 8.94. The minimum absolute atomic E-state index is 0. The van der Waals surface area contributed by atoms with Crippen LogP contribution >= 0.6 is 23.9 Å². The standard InChI is InChI=1S/C22H28N4O3S.ClH/c1-15-3-5-16(6-4-15)18-11-25(12-19(18)20-14-30-24-23-20)13-21(27)26-9-7-17(8-10-26)22(28)29-2;/h3-6,14,17-19H,7-13H2,1-2H3;1H/t18-,19+;/m0./s1. The zero-order valence-electron chi connectivity index (χ0n) is 17.9. The number of esters is 1. The number of benzene rings is 1. The molecule has 31 heavy (non-hydrogen) atoms. The van der Waals surface area contributed by atoms with Crippen LogP contribution in [0.25, 0.3) is 0 Å². The summed E-state index contributed by atoms with van der Waals surface area (Å²) in [4.78, 5) is 28.8. The molecule has 3 heterocycles. The topological polar surface area (TPSA) is 75.6 Å². The molecular weight excluding hydrogens is 436 g/mol. The van der Waals surface area contributed by atoms with Crippen LogP contribution in [0.4, 0.5) is 0 Å². The Balaban J connectivity index is 0.00000272. The number of aromatic nitrogens is 2. The zero-order chi connectivity index (χ0) is 21.1. The number of likely N-dealkylation sites (tertiary alicyclic amines) is 2. The van der Waals surface area contributed by atoms with E-state index in [-0.39, 0.29) is 36.1 Å². The van der Waals surface area contributed by atoms with Gasteiger partial charge in [0.2, 0.25) is 5.91 Å². The number of hydrogen-bond donors (Lipinski definition) is 0. The highest BCUT2D eigenvalue weighted by atomic mass is 35.5. The number of nitrogens with zero attached hydrogens (tertiary/aromatic N) is 4. The summed E-state index contributed by atoms with van der Waals surface area (Å²) in [6.07, 6.45) is 1.36. The Morgan fingerprint density at radius 3 is 2.42 bits per heavy atom. The molecule has 0 bridgehead atoms. The predicted molar refractivity (Wildman–Crippen MR) is 122 cm³/mol. The number of rotatable bonds is 5. The molecule has 0 aliphatic carbocycles. The van der Waals surface area contributed by atoms with E-state index >= 15 is 0 Å². The minimum atomic E-state index is -0.165. The number of piperidine rings is 1. The van der Waals surface area contributed by atoms with Crippen LogP contribution in [-0.4, -0.2) is 71.1 Å². The normalized spacial score (nSPS) is 22.2. The molecule has 2 aliphatic heterocycles. The maximum absolute atomic E-state index is 12.9. The van der Waals surface area contributed by atoms with Crippen LogP contribution in [0.15, 0.2) is 29.6 Å². The summed E-state index contributed by atoms with van der Waals surface area (Å²) in [7, 11) is 1.42. The molecule has 0 radical (unpaired) electrons. The van der Waals surface area contributed by atoms with Gasteiger partial charge in [0, 0.05) is 43.4 Å². The largest absolute Gasteiger partial charge is 0.469 e. The Hall–Kier alpha value is -2.03. The number of amides is 1. The van der Waals surface area contributed by atoms with Gasteiger partial charge in [-0.15, -0.1) is 17.5 Å². The van der Waals surface area contributed by atoms with Gasteiger partial charge < -0.3 is 9.64 Å². The van der Waals surface area contributed by atoms with Crippen LogP contribution in [-0.2, 0) is 14.3 Å². The molecule has 168 valence electrons. The molecule has 9 heteroatoms. The molecule has 7 nitrogen and oxygen atoms in total. The van der Waals surface area contributed by atoms with Crippen LogP contribution in [0.2, 0.25) is 0 Å². The smallest absolute Gasteiger partial charge is 0.308 e. The fraction of sp³-hybridized carbons (Fsp3) is 0.545. The number of halogens is 1. The summed E-state index contributed by atoms with van der Waals surface area (Å²) < 4.78 is 8.90. The number of hydrogen-bond acceptors (Lipinski definition) is 7. The summed E-state index contributed by atoms with van der Waals surface area (Å²) in [5.74, 6) is 0.426. The SMILES string of the molecule is COC(=O)C1CCN(C(=O)CN2C[C@@H](c3ccc(C)cc3)[C@H](c3csnn3)C2)CC1.Cl. The fourth-order valence-electron chi connectivity index (χ4n) is 4.62. The highest BCUT2D eigenvalue weighted by molar-refractivity contribution is 7.03. The predicted octanol–water partition coefficient (Wildman–Crippen LogP) is 2.86. The van der Waals surface area contributed by atoms with Gasteiger partial charge in [0.1, 0.15) is 0 Å². The highest BCUT2D eigenvalue weighted by Crippen LogP contribution is 2.39. The monoisotopic (exact) mass is 464 g/mol. The van der Waals surface area contributed by atoms with E-state index in [1.54, 1.807) is 0 Å². The molecule has 2 aromatic rings. The molecule has 0 unspecified atom stereocenters. The molecule has 1 aromatic carbocycles. The lowest BCUT2D eigenvalue weighted by molar-refractivity contribution is -0.149. The summed E-state index contributed by atoms with van der Waals surface area (Å²) >= 11 is 1.38. The fourth-order valence-corrected chi connectivity index (χ4v) is 5.14. The second-order valence-electron chi connectivity index (χ2n) is 8.33. The van der Waals surface area contributed by atoms with Crippen molar-refractivity contribution in [3.63, 3.8) is 0 Å². The Bertz CT molecular complexity index is 869. The molecule has 2 aliphatic rings. The van der Waals surface area contributed by atoms with Gasteiger partial charge in [-0.1, -0.05) is 34.3 Å². The van der Waals surface area contributed by atoms with Gasteiger partial charge in [-0.3, -0.25) is 14.5 Å². The van der Waals surface area contributed by atoms with Gasteiger partial charge in [0.25, 0.3) is 0 Å². The van der Waals surface area contributed by atoms with Crippen molar-refractivity contribution in [2.24, 2.45) is 5.92 Å². The molecule has 1 aromatic heterocycles. The summed E-state index contributed by atoms with van der Waals surface area (Å²) in [6.45, 7) is 5.36. The first kappa shape index (κ1) is 23.6. The number of carbonyl (C=O) groups is 2. The van der Waals surface area contributed by atoms with Crippen molar-refractivity contribution < 1.29 is 14.3 Å². The maximum Gasteiger partial charge on any atom is 0.308 e. The van der Waals surface area contributed by atoms with Crippen molar-refractivity contribution in [1.29, 1.82) is 0 Å². The van der Waals surface area contributed by atoms with Crippen molar-refractivity contribution in [3.8, 4) is 0 Å². The quantitative estimate of drug-likeness (QED) is 0.633. The van der Waals surface area contributed by atoms with Gasteiger partial charge in [0.15, 0.2) is 0 Å². The lowest BCUT2D eigenvalue weighted by Gasteiger charge is -2.32. The van der Waals surface area contributed by atoms with Crippen molar-refractivity contribution in [2.75, 3.05) is 39.8 Å². The zero-order valence-corrected chi connectivity index (χ0v) is 19.5. The molecule has 0 spiro atoms. The highest BCUT2D eigenvalue weighted by Gasteiger charge is 2.38. The third-order valence-electron chi connectivity index (χ3n) is 6.40. The first-order chi connectivity index (χ1) is 14.5. The Kier molecular flexibility index (Phi) is 8.02. The molecule has 0 N–H and O–H groups in total. The van der Waals surface area contributed by atoms with E-state index in [2.05, 4.69) is 45.7 Å². The maximum atomic E-state index is 12.9. The lowest BCUT2D eigenvalue weighted by Crippen LogP contribution is -2.45. The van der Waals surface area contributed by atoms with E-state index in [0.717, 1.165) is 18.8 Å². The van der Waals surface area contributed by atoms with Gasteiger partial charge in [-0.05, 0) is 36.9 Å². The van der Waals surface area contributed by atoms with E-state index in [0.29, 0.717) is 38.4 Å². The van der Waals surface area contributed by atoms with Crippen LogP contribution in [0, 0.1) is 12.8 Å². The van der Waals surface area contributed by atoms with E-state index in [9.17, 15) is 9.59 Å². The summed E-state index contributed by atoms with van der Waals surface area (Å²) in [5.41, 5.74) is 3.54. The molecule has 4 rings (SSSR count). The Morgan fingerprint density at radius 2 is 1.81 bits per heavy atom. The summed E-state index contributed by atoms with van der Waals surface area (Å²) in [5, 5.41) is 6.35. The van der Waals surface area contributed by atoms with Gasteiger partial charge in [-0.2, -0.15) is 0 Å². The molecular formula is C22H29ClN4O3S. The van der Waals surface area contributed by atoms with Gasteiger partial charge in [0.05, 0.1) is 25.3 Å². The van der Waals surface area contributed by atoms with Crippen molar-refractivity contribution in [3.05, 3.63) is 46.5 Å². The Morgan fingerprint density at radius 1 is 1.13 bits per heavy atom. The number of carbonyl (C=O) groups excluding carboxylic acids is 2. The van der Waals surface area contributed by atoms with E-state index < -0.39 is 0 Å². The van der Waals surface area contributed by atoms with E-state index in [1.165, 1.54) is 29.8 Å². The van der Waals surface area contributed by atoms with Crippen LogP contribution < -0.4 is 0 Å². The van der Waals surface area contributed by atoms with Crippen molar-refractivity contribution in [1.82, 2.24) is 19.4 Å².